The average Bonchev–Trinajstić information content (AvgIpc) is 3.50. The van der Waals surface area contributed by atoms with Gasteiger partial charge in [0.05, 0.1) is 30.6 Å². The van der Waals surface area contributed by atoms with Gasteiger partial charge >= 0.3 is 0 Å². The molecule has 2 aromatic carbocycles. The van der Waals surface area contributed by atoms with E-state index >= 15 is 0 Å². The first-order valence-corrected chi connectivity index (χ1v) is 13.3. The number of hydrogen-bond acceptors (Lipinski definition) is 7. The third-order valence-corrected chi connectivity index (χ3v) is 6.64. The number of nitrogens with one attached hydrogen (secondary N) is 1. The van der Waals surface area contributed by atoms with Crippen molar-refractivity contribution in [3.63, 3.8) is 0 Å². The predicted molar refractivity (Wildman–Crippen MR) is 156 cm³/mol. The van der Waals surface area contributed by atoms with Gasteiger partial charge in [-0.1, -0.05) is 37.3 Å². The zero-order valence-corrected chi connectivity index (χ0v) is 23.1. The fourth-order valence-corrected chi connectivity index (χ4v) is 4.48. The Morgan fingerprint density at radius 2 is 1.95 bits per heavy atom. The number of nitrogens with zero attached hydrogens (tertiary/aromatic N) is 4. The molecule has 0 unspecified atom stereocenters. The molecular weight excluding hydrogens is 505 g/mol. The van der Waals surface area contributed by atoms with Gasteiger partial charge in [-0.3, -0.25) is 4.99 Å². The first kappa shape index (κ1) is 27.0. The molecule has 0 aliphatic carbocycles. The predicted octanol–water partition coefficient (Wildman–Crippen LogP) is 6.45. The fraction of sp³-hybridized carbons (Fsp3) is 0.250. The molecule has 0 atom stereocenters. The number of rotatable bonds is 9. The molecule has 2 aliphatic heterocycles. The van der Waals surface area contributed by atoms with E-state index in [9.17, 15) is 4.39 Å². The van der Waals surface area contributed by atoms with Crippen LogP contribution in [-0.4, -0.2) is 35.2 Å². The molecule has 3 heterocycles. The van der Waals surface area contributed by atoms with Crippen LogP contribution in [0.5, 0.6) is 5.75 Å². The summed E-state index contributed by atoms with van der Waals surface area (Å²) < 4.78 is 25.9. The van der Waals surface area contributed by atoms with E-state index in [1.165, 1.54) is 6.07 Å². The average molecular weight is 538 g/mol. The van der Waals surface area contributed by atoms with Crippen LogP contribution >= 0.6 is 0 Å². The molecule has 5 rings (SSSR count). The molecule has 7 nitrogen and oxygen atoms in total. The Balaban J connectivity index is 1.51. The van der Waals surface area contributed by atoms with E-state index in [1.807, 2.05) is 62.4 Å². The Morgan fingerprint density at radius 1 is 1.15 bits per heavy atom. The van der Waals surface area contributed by atoms with Crippen LogP contribution in [0.1, 0.15) is 49.7 Å². The zero-order valence-electron chi connectivity index (χ0n) is 23.1. The summed E-state index contributed by atoms with van der Waals surface area (Å²) in [6, 6.07) is 14.3. The minimum Gasteiger partial charge on any atom is -0.497 e. The standard InChI is InChI=1S/C32H32FN5O2/c1-5-9-22(18-28(27-12-8-17-34-27)35-19-23-10-6-7-11-26(23)33)29-36-20-25-30(37-29)38-31(40-32(25,2)3)21-13-15-24(39-4)16-14-21/h6-16,18,20,35H,5,17,19H2,1-4H3/b22-9-,28-18-. The van der Waals surface area contributed by atoms with Crippen LogP contribution in [0.15, 0.2) is 94.7 Å². The first-order valence-electron chi connectivity index (χ1n) is 13.3. The second-order valence-corrected chi connectivity index (χ2v) is 9.89. The van der Waals surface area contributed by atoms with E-state index in [0.717, 1.165) is 40.3 Å². The lowest BCUT2D eigenvalue weighted by Crippen LogP contribution is -2.30. The highest BCUT2D eigenvalue weighted by Crippen LogP contribution is 2.37. The van der Waals surface area contributed by atoms with Gasteiger partial charge in [0.2, 0.25) is 5.90 Å². The molecule has 0 radical (unpaired) electrons. The third kappa shape index (κ3) is 5.86. The third-order valence-electron chi connectivity index (χ3n) is 6.64. The van der Waals surface area contributed by atoms with E-state index in [1.54, 1.807) is 25.4 Å². The van der Waals surface area contributed by atoms with Crippen molar-refractivity contribution in [2.45, 2.75) is 39.3 Å². The molecule has 8 heteroatoms. The molecule has 0 amide bonds. The summed E-state index contributed by atoms with van der Waals surface area (Å²) in [5.74, 6) is 2.08. The van der Waals surface area contributed by atoms with Crippen LogP contribution in [0.2, 0.25) is 0 Å². The Kier molecular flexibility index (Phi) is 7.86. The SMILES string of the molecule is CC/C=C(/C=C(\NCc1ccccc1F)C1=NCC=C1)c1ncc2c(n1)N=C(c1ccc(OC)cc1)OC2(C)C. The summed E-state index contributed by atoms with van der Waals surface area (Å²) in [6.45, 7) is 6.93. The Labute approximate surface area is 233 Å². The summed E-state index contributed by atoms with van der Waals surface area (Å²) in [5, 5.41) is 3.38. The molecule has 204 valence electrons. The summed E-state index contributed by atoms with van der Waals surface area (Å²) in [4.78, 5) is 19.0. The van der Waals surface area contributed by atoms with Crippen LogP contribution < -0.4 is 10.1 Å². The Hall–Kier alpha value is -4.59. The lowest BCUT2D eigenvalue weighted by molar-refractivity contribution is 0.0903. The van der Waals surface area contributed by atoms with Crippen molar-refractivity contribution >= 4 is 23.0 Å². The van der Waals surface area contributed by atoms with Gasteiger partial charge in [0.25, 0.3) is 0 Å². The summed E-state index contributed by atoms with van der Waals surface area (Å²) in [6.07, 6.45) is 10.5. The minimum atomic E-state index is -0.675. The monoisotopic (exact) mass is 537 g/mol. The van der Waals surface area contributed by atoms with Crippen molar-refractivity contribution in [1.82, 2.24) is 15.3 Å². The number of methoxy groups -OCH3 is 1. The normalized spacial score (nSPS) is 16.1. The fourth-order valence-electron chi connectivity index (χ4n) is 4.48. The molecular formula is C32H32FN5O2. The van der Waals surface area contributed by atoms with E-state index < -0.39 is 5.60 Å². The molecule has 40 heavy (non-hydrogen) atoms. The highest BCUT2D eigenvalue weighted by molar-refractivity contribution is 6.10. The van der Waals surface area contributed by atoms with E-state index in [2.05, 4.69) is 23.3 Å². The summed E-state index contributed by atoms with van der Waals surface area (Å²) >= 11 is 0. The van der Waals surface area contributed by atoms with Crippen molar-refractivity contribution in [1.29, 1.82) is 0 Å². The summed E-state index contributed by atoms with van der Waals surface area (Å²) in [5.41, 5.74) is 3.91. The number of benzene rings is 2. The van der Waals surface area contributed by atoms with Gasteiger partial charge in [0.1, 0.15) is 17.2 Å². The molecule has 0 saturated carbocycles. The molecule has 3 aromatic rings. The molecule has 1 aromatic heterocycles. The molecule has 0 fully saturated rings. The minimum absolute atomic E-state index is 0.254. The van der Waals surface area contributed by atoms with Gasteiger partial charge < -0.3 is 14.8 Å². The molecule has 2 aliphatic rings. The second kappa shape index (κ2) is 11.7. The lowest BCUT2D eigenvalue weighted by atomic mass is 9.98. The number of hydrogen-bond donors (Lipinski definition) is 1. The largest absolute Gasteiger partial charge is 0.497 e. The van der Waals surface area contributed by atoms with Crippen molar-refractivity contribution in [3.8, 4) is 5.75 Å². The van der Waals surface area contributed by atoms with E-state index in [4.69, 9.17) is 24.4 Å². The highest BCUT2D eigenvalue weighted by atomic mass is 19.1. The van der Waals surface area contributed by atoms with Crippen LogP contribution in [-0.2, 0) is 16.9 Å². The van der Waals surface area contributed by atoms with Gasteiger partial charge in [-0.25, -0.2) is 14.4 Å². The maximum Gasteiger partial charge on any atom is 0.223 e. The number of allylic oxidation sites excluding steroid dienone is 4. The van der Waals surface area contributed by atoms with Gasteiger partial charge in [-0.05, 0) is 62.8 Å². The van der Waals surface area contributed by atoms with Crippen molar-refractivity contribution in [2.75, 3.05) is 13.7 Å². The lowest BCUT2D eigenvalue weighted by Gasteiger charge is -2.31. The summed E-state index contributed by atoms with van der Waals surface area (Å²) in [7, 11) is 1.63. The number of ether oxygens (including phenoxy) is 2. The molecule has 0 spiro atoms. The number of fused-ring (bicyclic) bond motifs is 1. The van der Waals surface area contributed by atoms with Crippen LogP contribution in [0.3, 0.4) is 0 Å². The van der Waals surface area contributed by atoms with Gasteiger partial charge in [0, 0.05) is 29.4 Å². The van der Waals surface area contributed by atoms with Crippen molar-refractivity contribution in [2.24, 2.45) is 9.98 Å². The van der Waals surface area contributed by atoms with Gasteiger partial charge in [-0.15, -0.1) is 0 Å². The zero-order chi connectivity index (χ0) is 28.1. The first-order chi connectivity index (χ1) is 19.4. The molecule has 0 bridgehead atoms. The smallest absolute Gasteiger partial charge is 0.223 e. The second-order valence-electron chi connectivity index (χ2n) is 9.89. The maximum atomic E-state index is 14.3. The number of aromatic nitrogens is 2. The van der Waals surface area contributed by atoms with Crippen molar-refractivity contribution < 1.29 is 13.9 Å². The van der Waals surface area contributed by atoms with Crippen LogP contribution in [0, 0.1) is 5.82 Å². The molecule has 1 N–H and O–H groups in total. The molecule has 0 saturated heterocycles. The van der Waals surface area contributed by atoms with Gasteiger partial charge in [-0.2, -0.15) is 4.99 Å². The van der Waals surface area contributed by atoms with Crippen LogP contribution in [0.25, 0.3) is 5.57 Å². The van der Waals surface area contributed by atoms with Gasteiger partial charge in [0.15, 0.2) is 11.6 Å². The quantitative estimate of drug-likeness (QED) is 0.318. The van der Waals surface area contributed by atoms with Crippen LogP contribution in [0.4, 0.5) is 10.2 Å². The van der Waals surface area contributed by atoms with E-state index in [0.29, 0.717) is 36.2 Å². The topological polar surface area (TPSA) is 81.0 Å². The van der Waals surface area contributed by atoms with E-state index in [-0.39, 0.29) is 5.82 Å². The Morgan fingerprint density at radius 3 is 2.65 bits per heavy atom. The van der Waals surface area contributed by atoms with Crippen molar-refractivity contribution in [3.05, 3.63) is 113 Å². The maximum absolute atomic E-state index is 14.3. The number of aliphatic imine (C=N–C) groups is 2. The number of halogens is 1. The Bertz CT molecular complexity index is 1550. The highest BCUT2D eigenvalue weighted by Gasteiger charge is 2.33.